The summed E-state index contributed by atoms with van der Waals surface area (Å²) in [5.41, 5.74) is 2.33. The highest BCUT2D eigenvalue weighted by atomic mass is 32.1. The van der Waals surface area contributed by atoms with Gasteiger partial charge in [0, 0.05) is 17.1 Å². The molecule has 0 aromatic carbocycles. The number of carbonyl (C=O) groups excluding carboxylic acids is 1. The van der Waals surface area contributed by atoms with Crippen LogP contribution in [0.3, 0.4) is 0 Å². The Hall–Kier alpha value is -1.62. The first-order valence-electron chi connectivity index (χ1n) is 6.56. The second-order valence-electron chi connectivity index (χ2n) is 4.50. The monoisotopic (exact) mass is 277 g/mol. The topological polar surface area (TPSA) is 57.8 Å². The number of H-pyrrole nitrogens is 1. The number of hydrogen-bond donors (Lipinski definition) is 2. The lowest BCUT2D eigenvalue weighted by Gasteiger charge is -2.03. The highest BCUT2D eigenvalue weighted by Gasteiger charge is 2.08. The minimum atomic E-state index is 0.0358. The van der Waals surface area contributed by atoms with Crippen LogP contribution in [0.1, 0.15) is 39.2 Å². The van der Waals surface area contributed by atoms with E-state index in [1.54, 1.807) is 11.3 Å². The predicted octanol–water partition coefficient (Wildman–Crippen LogP) is 2.70. The Morgan fingerprint density at radius 1 is 1.47 bits per heavy atom. The number of nitrogens with one attached hydrogen (secondary N) is 2. The lowest BCUT2D eigenvalue weighted by atomic mass is 10.1. The van der Waals surface area contributed by atoms with Crippen LogP contribution in [-0.4, -0.2) is 22.6 Å². The largest absolute Gasteiger partial charge is 0.351 e. The van der Waals surface area contributed by atoms with Gasteiger partial charge in [-0.3, -0.25) is 9.89 Å². The quantitative estimate of drug-likeness (QED) is 0.798. The van der Waals surface area contributed by atoms with Crippen molar-refractivity contribution in [2.75, 3.05) is 6.54 Å². The number of nitrogens with zero attached hydrogens (tertiary/aromatic N) is 1. The fourth-order valence-corrected chi connectivity index (χ4v) is 2.75. The van der Waals surface area contributed by atoms with Crippen molar-refractivity contribution in [3.8, 4) is 0 Å². The van der Waals surface area contributed by atoms with Crippen LogP contribution in [0.4, 0.5) is 0 Å². The number of aromatic amines is 1. The molecule has 1 amide bonds. The van der Waals surface area contributed by atoms with E-state index >= 15 is 0 Å². The lowest BCUT2D eigenvalue weighted by molar-refractivity contribution is 0.0957. The van der Waals surface area contributed by atoms with E-state index in [9.17, 15) is 4.79 Å². The van der Waals surface area contributed by atoms with E-state index in [1.165, 1.54) is 10.4 Å². The van der Waals surface area contributed by atoms with E-state index in [0.717, 1.165) is 29.8 Å². The second-order valence-corrected chi connectivity index (χ2v) is 5.67. The van der Waals surface area contributed by atoms with E-state index in [-0.39, 0.29) is 5.91 Å². The summed E-state index contributed by atoms with van der Waals surface area (Å²) in [4.78, 5) is 13.9. The van der Waals surface area contributed by atoms with Crippen molar-refractivity contribution in [1.29, 1.82) is 0 Å². The van der Waals surface area contributed by atoms with Gasteiger partial charge in [-0.2, -0.15) is 5.10 Å². The van der Waals surface area contributed by atoms with Crippen LogP contribution in [0.2, 0.25) is 0 Å². The summed E-state index contributed by atoms with van der Waals surface area (Å²) in [5.74, 6) is 0.0358. The number of aryl methyl sites for hydroxylation is 3. The smallest absolute Gasteiger partial charge is 0.261 e. The van der Waals surface area contributed by atoms with Crippen molar-refractivity contribution >= 4 is 17.2 Å². The Kier molecular flexibility index (Phi) is 4.74. The van der Waals surface area contributed by atoms with Gasteiger partial charge in [0.1, 0.15) is 0 Å². The van der Waals surface area contributed by atoms with Gasteiger partial charge >= 0.3 is 0 Å². The number of aromatic nitrogens is 2. The van der Waals surface area contributed by atoms with Crippen molar-refractivity contribution in [1.82, 2.24) is 15.5 Å². The summed E-state index contributed by atoms with van der Waals surface area (Å²) in [6, 6.07) is 3.92. The third-order valence-corrected chi connectivity index (χ3v) is 4.31. The Labute approximate surface area is 117 Å². The maximum atomic E-state index is 11.9. The SMILES string of the molecule is CCc1ccc(C(=O)NCCCc2cn[nH]c2C)s1. The highest BCUT2D eigenvalue weighted by Crippen LogP contribution is 2.16. The molecule has 5 heteroatoms. The molecule has 4 nitrogen and oxygen atoms in total. The van der Waals surface area contributed by atoms with Crippen molar-refractivity contribution in [2.24, 2.45) is 0 Å². The molecule has 0 fully saturated rings. The molecule has 0 aliphatic carbocycles. The first kappa shape index (κ1) is 13.8. The van der Waals surface area contributed by atoms with Crippen molar-refractivity contribution in [3.05, 3.63) is 39.3 Å². The predicted molar refractivity (Wildman–Crippen MR) is 77.7 cm³/mol. The molecule has 0 aliphatic heterocycles. The summed E-state index contributed by atoms with van der Waals surface area (Å²) in [7, 11) is 0. The third kappa shape index (κ3) is 3.67. The van der Waals surface area contributed by atoms with Crippen LogP contribution < -0.4 is 5.32 Å². The molecule has 0 bridgehead atoms. The fourth-order valence-electron chi connectivity index (χ4n) is 1.89. The highest BCUT2D eigenvalue weighted by molar-refractivity contribution is 7.14. The normalized spacial score (nSPS) is 10.6. The van der Waals surface area contributed by atoms with Crippen LogP contribution >= 0.6 is 11.3 Å². The lowest BCUT2D eigenvalue weighted by Crippen LogP contribution is -2.23. The van der Waals surface area contributed by atoms with E-state index in [2.05, 4.69) is 22.4 Å². The molecular weight excluding hydrogens is 258 g/mol. The zero-order valence-corrected chi connectivity index (χ0v) is 12.1. The van der Waals surface area contributed by atoms with Gasteiger partial charge in [0.15, 0.2) is 0 Å². The molecule has 0 aliphatic rings. The molecular formula is C14H19N3OS. The molecule has 2 N–H and O–H groups in total. The Morgan fingerprint density at radius 3 is 2.95 bits per heavy atom. The summed E-state index contributed by atoms with van der Waals surface area (Å²) in [6.45, 7) is 4.81. The second kappa shape index (κ2) is 6.52. The standard InChI is InChI=1S/C14H19N3OS/c1-3-12-6-7-13(19-12)14(18)15-8-4-5-11-9-16-17-10(11)2/h6-7,9H,3-5,8H2,1-2H3,(H,15,18)(H,16,17). The van der Waals surface area contributed by atoms with E-state index in [4.69, 9.17) is 0 Å². The number of amides is 1. The molecule has 0 saturated carbocycles. The van der Waals surface area contributed by atoms with E-state index in [0.29, 0.717) is 6.54 Å². The molecule has 2 aromatic rings. The van der Waals surface area contributed by atoms with Gasteiger partial charge in [-0.15, -0.1) is 11.3 Å². The summed E-state index contributed by atoms with van der Waals surface area (Å²) < 4.78 is 0. The molecule has 0 spiro atoms. The van der Waals surface area contributed by atoms with Gasteiger partial charge in [-0.1, -0.05) is 6.92 Å². The Morgan fingerprint density at radius 2 is 2.32 bits per heavy atom. The Bertz CT molecular complexity index is 544. The molecule has 2 aromatic heterocycles. The zero-order valence-electron chi connectivity index (χ0n) is 11.3. The van der Waals surface area contributed by atoms with Gasteiger partial charge in [-0.05, 0) is 43.9 Å². The van der Waals surface area contributed by atoms with Crippen molar-refractivity contribution in [2.45, 2.75) is 33.1 Å². The Balaban J connectivity index is 1.73. The van der Waals surface area contributed by atoms with Gasteiger partial charge in [0.25, 0.3) is 5.91 Å². The fraction of sp³-hybridized carbons (Fsp3) is 0.429. The minimum absolute atomic E-state index is 0.0358. The summed E-state index contributed by atoms with van der Waals surface area (Å²) in [5, 5.41) is 9.86. The van der Waals surface area contributed by atoms with E-state index < -0.39 is 0 Å². The third-order valence-electron chi connectivity index (χ3n) is 3.08. The number of carbonyl (C=O) groups is 1. The maximum absolute atomic E-state index is 11.9. The summed E-state index contributed by atoms with van der Waals surface area (Å²) >= 11 is 1.57. The molecule has 19 heavy (non-hydrogen) atoms. The number of hydrogen-bond acceptors (Lipinski definition) is 3. The van der Waals surface area contributed by atoms with Crippen LogP contribution in [0.15, 0.2) is 18.3 Å². The average Bonchev–Trinajstić information content (AvgIpc) is 3.03. The maximum Gasteiger partial charge on any atom is 0.261 e. The van der Waals surface area contributed by atoms with Crippen LogP contribution in [0, 0.1) is 6.92 Å². The minimum Gasteiger partial charge on any atom is -0.351 e. The molecule has 0 atom stereocenters. The summed E-state index contributed by atoms with van der Waals surface area (Å²) in [6.07, 6.45) is 4.70. The van der Waals surface area contributed by atoms with Crippen molar-refractivity contribution < 1.29 is 4.79 Å². The molecule has 0 saturated heterocycles. The van der Waals surface area contributed by atoms with Crippen LogP contribution in [0.25, 0.3) is 0 Å². The molecule has 2 rings (SSSR count). The van der Waals surface area contributed by atoms with Gasteiger partial charge in [0.2, 0.25) is 0 Å². The number of thiophene rings is 1. The van der Waals surface area contributed by atoms with Gasteiger partial charge < -0.3 is 5.32 Å². The van der Waals surface area contributed by atoms with Gasteiger partial charge in [-0.25, -0.2) is 0 Å². The molecule has 102 valence electrons. The van der Waals surface area contributed by atoms with E-state index in [1.807, 2.05) is 25.3 Å². The molecule has 0 unspecified atom stereocenters. The first-order valence-corrected chi connectivity index (χ1v) is 7.38. The molecule has 2 heterocycles. The number of rotatable bonds is 6. The van der Waals surface area contributed by atoms with Crippen LogP contribution in [0.5, 0.6) is 0 Å². The molecule has 0 radical (unpaired) electrons. The average molecular weight is 277 g/mol. The first-order chi connectivity index (χ1) is 9.20. The van der Waals surface area contributed by atoms with Crippen LogP contribution in [-0.2, 0) is 12.8 Å². The van der Waals surface area contributed by atoms with Crippen molar-refractivity contribution in [3.63, 3.8) is 0 Å². The van der Waals surface area contributed by atoms with Gasteiger partial charge in [0.05, 0.1) is 11.1 Å². The zero-order chi connectivity index (χ0) is 13.7.